The third kappa shape index (κ3) is 1.23. The Morgan fingerprint density at radius 1 is 1.38 bits per heavy atom. The van der Waals surface area contributed by atoms with Crippen LogP contribution < -0.4 is 10.2 Å². The fraction of sp³-hybridized carbons (Fsp3) is 0.167. The van der Waals surface area contributed by atoms with Gasteiger partial charge in [-0.3, -0.25) is 9.78 Å². The molecule has 2 heterocycles. The number of fused-ring (bicyclic) bond motifs is 3. The fourth-order valence-corrected chi connectivity index (χ4v) is 2.11. The number of nitrogens with zero attached hydrogens (tertiary/aromatic N) is 2. The topological polar surface area (TPSA) is 45.2 Å². The van der Waals surface area contributed by atoms with E-state index >= 15 is 0 Å². The highest BCUT2D eigenvalue weighted by atomic mass is 16.2. The maximum absolute atomic E-state index is 11.4. The molecule has 4 heteroatoms. The molecule has 0 radical (unpaired) electrons. The van der Waals surface area contributed by atoms with Crippen molar-refractivity contribution in [1.82, 2.24) is 4.98 Å². The van der Waals surface area contributed by atoms with Crippen LogP contribution in [0, 0.1) is 0 Å². The minimum atomic E-state index is 0.00656. The predicted molar refractivity (Wildman–Crippen MR) is 63.6 cm³/mol. The summed E-state index contributed by atoms with van der Waals surface area (Å²) in [4.78, 5) is 17.7. The van der Waals surface area contributed by atoms with Crippen LogP contribution in [0.2, 0.25) is 0 Å². The molecule has 3 rings (SSSR count). The molecular formula is C12H11N3O. The Morgan fingerprint density at radius 2 is 2.19 bits per heavy atom. The number of amides is 1. The molecule has 2 aromatic rings. The predicted octanol–water partition coefficient (Wildman–Crippen LogP) is 1.62. The van der Waals surface area contributed by atoms with Gasteiger partial charge in [0.2, 0.25) is 5.91 Å². The fourth-order valence-electron chi connectivity index (χ4n) is 2.11. The Kier molecular flexibility index (Phi) is 1.83. The highest BCUT2D eigenvalue weighted by Crippen LogP contribution is 2.34. The van der Waals surface area contributed by atoms with Gasteiger partial charge in [-0.15, -0.1) is 0 Å². The number of hydrogen-bond acceptors (Lipinski definition) is 3. The van der Waals surface area contributed by atoms with Gasteiger partial charge < -0.3 is 10.2 Å². The first-order valence-corrected chi connectivity index (χ1v) is 5.14. The van der Waals surface area contributed by atoms with Gasteiger partial charge in [0.05, 0.1) is 29.6 Å². The molecular weight excluding hydrogens is 202 g/mol. The number of benzene rings is 1. The van der Waals surface area contributed by atoms with Gasteiger partial charge >= 0.3 is 0 Å². The number of likely N-dealkylation sites (N-methyl/N-ethyl adjacent to an activating group) is 1. The maximum atomic E-state index is 11.4. The van der Waals surface area contributed by atoms with Crippen molar-refractivity contribution in [2.45, 2.75) is 0 Å². The molecule has 0 saturated carbocycles. The van der Waals surface area contributed by atoms with Crippen molar-refractivity contribution in [2.75, 3.05) is 23.8 Å². The van der Waals surface area contributed by atoms with Crippen molar-refractivity contribution in [3.8, 4) is 0 Å². The molecule has 1 aromatic heterocycles. The lowest BCUT2D eigenvalue weighted by Crippen LogP contribution is -2.35. The number of carbonyl (C=O) groups is 1. The summed E-state index contributed by atoms with van der Waals surface area (Å²) in [5.74, 6) is 0.00656. The van der Waals surface area contributed by atoms with Crippen LogP contribution >= 0.6 is 0 Å². The molecule has 0 spiro atoms. The van der Waals surface area contributed by atoms with Gasteiger partial charge in [0, 0.05) is 12.4 Å². The summed E-state index contributed by atoms with van der Waals surface area (Å²) in [5, 5.41) is 3.91. The molecule has 1 aliphatic heterocycles. The van der Waals surface area contributed by atoms with Crippen LogP contribution in [0.1, 0.15) is 0 Å². The zero-order valence-corrected chi connectivity index (χ0v) is 8.90. The molecule has 4 nitrogen and oxygen atoms in total. The molecule has 0 fully saturated rings. The Labute approximate surface area is 92.9 Å². The Hall–Kier alpha value is -2.10. The van der Waals surface area contributed by atoms with Crippen molar-refractivity contribution < 1.29 is 4.79 Å². The minimum Gasteiger partial charge on any atom is -0.363 e. The van der Waals surface area contributed by atoms with E-state index in [1.807, 2.05) is 36.2 Å². The summed E-state index contributed by atoms with van der Waals surface area (Å²) in [6.45, 7) is 0.390. The van der Waals surface area contributed by atoms with Crippen molar-refractivity contribution >= 4 is 28.2 Å². The van der Waals surface area contributed by atoms with Crippen LogP contribution in [0.4, 0.5) is 11.4 Å². The highest BCUT2D eigenvalue weighted by molar-refractivity contribution is 6.08. The molecule has 1 amide bonds. The lowest BCUT2D eigenvalue weighted by molar-refractivity contribution is -0.115. The summed E-state index contributed by atoms with van der Waals surface area (Å²) in [6, 6.07) is 7.94. The maximum Gasteiger partial charge on any atom is 0.243 e. The van der Waals surface area contributed by atoms with Gasteiger partial charge in [-0.05, 0) is 6.07 Å². The van der Waals surface area contributed by atoms with Crippen molar-refractivity contribution in [1.29, 1.82) is 0 Å². The number of hydrogen-bond donors (Lipinski definition) is 1. The van der Waals surface area contributed by atoms with E-state index in [2.05, 4.69) is 10.3 Å². The average molecular weight is 213 g/mol. The molecule has 1 aliphatic rings. The van der Waals surface area contributed by atoms with E-state index in [1.54, 1.807) is 6.20 Å². The summed E-state index contributed by atoms with van der Waals surface area (Å²) < 4.78 is 0. The zero-order chi connectivity index (χ0) is 11.1. The van der Waals surface area contributed by atoms with Crippen LogP contribution in [0.3, 0.4) is 0 Å². The molecule has 1 N–H and O–H groups in total. The summed E-state index contributed by atoms with van der Waals surface area (Å²) in [5.41, 5.74) is 2.78. The molecule has 0 aliphatic carbocycles. The molecule has 1 aromatic carbocycles. The number of nitrogens with one attached hydrogen (secondary N) is 1. The van der Waals surface area contributed by atoms with Crippen LogP contribution in [-0.2, 0) is 4.79 Å². The number of anilines is 2. The number of carbonyl (C=O) groups excluding carboxylic acids is 1. The number of rotatable bonds is 0. The first-order chi connectivity index (χ1) is 7.75. The van der Waals surface area contributed by atoms with Crippen LogP contribution in [0.5, 0.6) is 0 Å². The van der Waals surface area contributed by atoms with E-state index in [0.717, 1.165) is 22.3 Å². The second kappa shape index (κ2) is 3.20. The molecule has 0 bridgehead atoms. The summed E-state index contributed by atoms with van der Waals surface area (Å²) in [6.07, 6.45) is 1.71. The molecule has 16 heavy (non-hydrogen) atoms. The lowest BCUT2D eigenvalue weighted by Gasteiger charge is -2.28. The molecule has 0 unspecified atom stereocenters. The standard InChI is InChI=1S/C12H11N3O/c1-15-7-11(16)14-10-6-13-9-5-3-2-4-8(9)12(10)15/h2-6H,7H2,1H3,(H,14,16). The van der Waals surface area contributed by atoms with Crippen molar-refractivity contribution in [2.24, 2.45) is 0 Å². The van der Waals surface area contributed by atoms with Crippen LogP contribution in [-0.4, -0.2) is 24.5 Å². The van der Waals surface area contributed by atoms with Gasteiger partial charge in [0.25, 0.3) is 0 Å². The molecule has 80 valence electrons. The second-order valence-corrected chi connectivity index (χ2v) is 3.94. The van der Waals surface area contributed by atoms with Gasteiger partial charge in [-0.2, -0.15) is 0 Å². The first-order valence-electron chi connectivity index (χ1n) is 5.14. The van der Waals surface area contributed by atoms with Gasteiger partial charge in [-0.1, -0.05) is 18.2 Å². The lowest BCUT2D eigenvalue weighted by atomic mass is 10.1. The first kappa shape index (κ1) is 9.15. The number of para-hydroxylation sites is 1. The summed E-state index contributed by atoms with van der Waals surface area (Å²) in [7, 11) is 1.92. The normalized spacial score (nSPS) is 14.8. The number of aromatic nitrogens is 1. The van der Waals surface area contributed by atoms with Crippen LogP contribution in [0.15, 0.2) is 30.5 Å². The molecule has 0 atom stereocenters. The minimum absolute atomic E-state index is 0.00656. The van der Waals surface area contributed by atoms with E-state index in [9.17, 15) is 4.79 Å². The monoisotopic (exact) mass is 213 g/mol. The second-order valence-electron chi connectivity index (χ2n) is 3.94. The smallest absolute Gasteiger partial charge is 0.243 e. The van der Waals surface area contributed by atoms with Gasteiger partial charge in [0.1, 0.15) is 0 Å². The van der Waals surface area contributed by atoms with E-state index in [1.165, 1.54) is 0 Å². The third-order valence-corrected chi connectivity index (χ3v) is 2.78. The van der Waals surface area contributed by atoms with Crippen molar-refractivity contribution in [3.05, 3.63) is 30.5 Å². The Balaban J connectivity index is 2.33. The van der Waals surface area contributed by atoms with E-state index in [0.29, 0.717) is 6.54 Å². The largest absolute Gasteiger partial charge is 0.363 e. The summed E-state index contributed by atoms with van der Waals surface area (Å²) >= 11 is 0. The number of pyridine rings is 1. The third-order valence-electron chi connectivity index (χ3n) is 2.78. The van der Waals surface area contributed by atoms with Crippen molar-refractivity contribution in [3.63, 3.8) is 0 Å². The average Bonchev–Trinajstić information content (AvgIpc) is 2.28. The SMILES string of the molecule is CN1CC(=O)Nc2cnc3ccccc3c21. The van der Waals surface area contributed by atoms with E-state index < -0.39 is 0 Å². The Morgan fingerprint density at radius 3 is 3.06 bits per heavy atom. The quantitative estimate of drug-likeness (QED) is 0.723. The zero-order valence-electron chi connectivity index (χ0n) is 8.90. The van der Waals surface area contributed by atoms with Crippen LogP contribution in [0.25, 0.3) is 10.9 Å². The van der Waals surface area contributed by atoms with E-state index in [4.69, 9.17) is 0 Å². The molecule has 0 saturated heterocycles. The van der Waals surface area contributed by atoms with Gasteiger partial charge in [0.15, 0.2) is 0 Å². The Bertz CT molecular complexity index is 579. The van der Waals surface area contributed by atoms with Gasteiger partial charge in [-0.25, -0.2) is 0 Å². The highest BCUT2D eigenvalue weighted by Gasteiger charge is 2.21. The van der Waals surface area contributed by atoms with E-state index in [-0.39, 0.29) is 5.91 Å².